The van der Waals surface area contributed by atoms with Crippen molar-refractivity contribution >= 4 is 52.4 Å². The number of carbonyl (C=O) groups is 3. The van der Waals surface area contributed by atoms with E-state index in [1.165, 1.54) is 16.2 Å². The summed E-state index contributed by atoms with van der Waals surface area (Å²) in [5.74, 6) is 0.230. The van der Waals surface area contributed by atoms with Crippen molar-refractivity contribution in [3.05, 3.63) is 39.5 Å². The van der Waals surface area contributed by atoms with Crippen molar-refractivity contribution in [2.45, 2.75) is 18.6 Å². The van der Waals surface area contributed by atoms with Gasteiger partial charge in [-0.15, -0.1) is 11.3 Å². The van der Waals surface area contributed by atoms with E-state index in [-0.39, 0.29) is 18.5 Å². The molecule has 3 aliphatic rings. The minimum atomic E-state index is -0.519. The zero-order valence-electron chi connectivity index (χ0n) is 16.2. The molecule has 3 aliphatic heterocycles. The monoisotopic (exact) mass is 463 g/mol. The van der Waals surface area contributed by atoms with E-state index >= 15 is 0 Å². The first-order valence-electron chi connectivity index (χ1n) is 9.76. The smallest absolute Gasteiger partial charge is 0.415 e. The van der Waals surface area contributed by atoms with Gasteiger partial charge >= 0.3 is 12.2 Å². The highest BCUT2D eigenvalue weighted by atomic mass is 35.5. The van der Waals surface area contributed by atoms with Gasteiger partial charge < -0.3 is 19.5 Å². The highest BCUT2D eigenvalue weighted by molar-refractivity contribution is 7.18. The first kappa shape index (κ1) is 20.0. The summed E-state index contributed by atoms with van der Waals surface area (Å²) in [5, 5.41) is 2.81. The van der Waals surface area contributed by atoms with Gasteiger partial charge in [0.1, 0.15) is 18.5 Å². The molecule has 3 amide bonds. The van der Waals surface area contributed by atoms with Gasteiger partial charge in [-0.3, -0.25) is 14.6 Å². The summed E-state index contributed by atoms with van der Waals surface area (Å²) in [4.78, 5) is 40.4. The topological polar surface area (TPSA) is 97.4 Å². The molecule has 4 heterocycles. The van der Waals surface area contributed by atoms with Crippen LogP contribution in [0.15, 0.2) is 30.3 Å². The number of cyclic esters (lactones) is 2. The van der Waals surface area contributed by atoms with Crippen LogP contribution in [-0.2, 0) is 9.47 Å². The largest absolute Gasteiger partial charge is 0.491 e. The van der Waals surface area contributed by atoms with Crippen LogP contribution in [0.2, 0.25) is 4.34 Å². The Bertz CT molecular complexity index is 1060. The van der Waals surface area contributed by atoms with Crippen LogP contribution in [-0.4, -0.2) is 56.5 Å². The van der Waals surface area contributed by atoms with Crippen molar-refractivity contribution in [1.29, 1.82) is 0 Å². The van der Waals surface area contributed by atoms with Crippen LogP contribution in [0.1, 0.15) is 16.1 Å². The molecule has 0 bridgehead atoms. The number of benzene rings is 1. The number of amides is 3. The number of fused-ring (bicyclic) bond motifs is 3. The van der Waals surface area contributed by atoms with Gasteiger partial charge in [0.15, 0.2) is 0 Å². The fourth-order valence-electron chi connectivity index (χ4n) is 3.96. The molecular weight excluding hydrogens is 446 g/mol. The van der Waals surface area contributed by atoms with Crippen LogP contribution in [0.3, 0.4) is 0 Å². The lowest BCUT2D eigenvalue weighted by Gasteiger charge is -2.23. The third-order valence-electron chi connectivity index (χ3n) is 5.42. The zero-order valence-corrected chi connectivity index (χ0v) is 17.8. The average molecular weight is 464 g/mol. The number of rotatable bonds is 4. The Morgan fingerprint density at radius 2 is 2.03 bits per heavy atom. The Hall–Kier alpha value is -2.98. The molecule has 5 rings (SSSR count). The maximum absolute atomic E-state index is 12.7. The molecule has 11 heteroatoms. The van der Waals surface area contributed by atoms with Crippen LogP contribution in [0.25, 0.3) is 0 Å². The highest BCUT2D eigenvalue weighted by Gasteiger charge is 2.45. The second-order valence-corrected chi connectivity index (χ2v) is 8.94. The Morgan fingerprint density at radius 3 is 2.77 bits per heavy atom. The van der Waals surface area contributed by atoms with E-state index in [0.29, 0.717) is 52.5 Å². The van der Waals surface area contributed by atoms with Crippen LogP contribution >= 0.6 is 22.9 Å². The maximum Gasteiger partial charge on any atom is 0.415 e. The molecule has 0 radical (unpaired) electrons. The van der Waals surface area contributed by atoms with Crippen LogP contribution in [0.5, 0.6) is 5.75 Å². The fraction of sp³-hybridized carbons (Fsp3) is 0.350. The van der Waals surface area contributed by atoms with Gasteiger partial charge in [-0.05, 0) is 24.3 Å². The molecule has 2 aromatic rings. The summed E-state index contributed by atoms with van der Waals surface area (Å²) in [6.07, 6.45) is -0.889. The molecule has 0 aliphatic carbocycles. The first-order valence-corrected chi connectivity index (χ1v) is 11.0. The van der Waals surface area contributed by atoms with E-state index in [1.54, 1.807) is 35.2 Å². The van der Waals surface area contributed by atoms with E-state index in [0.717, 1.165) is 0 Å². The second-order valence-electron chi connectivity index (χ2n) is 7.23. The molecule has 0 saturated carbocycles. The molecular formula is C20H18ClN3O6S. The van der Waals surface area contributed by atoms with Crippen molar-refractivity contribution in [1.82, 2.24) is 5.32 Å². The predicted molar refractivity (Wildman–Crippen MR) is 113 cm³/mol. The molecule has 0 unspecified atom stereocenters. The minimum absolute atomic E-state index is 0.175. The van der Waals surface area contributed by atoms with E-state index < -0.39 is 18.3 Å². The van der Waals surface area contributed by atoms with Gasteiger partial charge in [0.25, 0.3) is 5.91 Å². The first-order chi connectivity index (χ1) is 15.0. The maximum atomic E-state index is 12.7. The predicted octanol–water partition coefficient (Wildman–Crippen LogP) is 3.26. The molecule has 9 nitrogen and oxygen atoms in total. The second kappa shape index (κ2) is 7.93. The van der Waals surface area contributed by atoms with Crippen LogP contribution in [0, 0.1) is 0 Å². The molecule has 1 N–H and O–H groups in total. The Kier molecular flexibility index (Phi) is 5.11. The normalized spacial score (nSPS) is 22.2. The number of anilines is 2. The van der Waals surface area contributed by atoms with Gasteiger partial charge in [0.05, 0.1) is 46.3 Å². The number of hydrogen-bond donors (Lipinski definition) is 1. The van der Waals surface area contributed by atoms with Gasteiger partial charge in [-0.25, -0.2) is 9.59 Å². The lowest BCUT2D eigenvalue weighted by atomic mass is 10.1. The Labute approximate surface area is 186 Å². The van der Waals surface area contributed by atoms with E-state index in [1.807, 2.05) is 0 Å². The minimum Gasteiger partial charge on any atom is -0.491 e. The molecule has 1 aromatic heterocycles. The molecule has 31 heavy (non-hydrogen) atoms. The Morgan fingerprint density at radius 1 is 1.16 bits per heavy atom. The number of thiophene rings is 1. The number of carbonyl (C=O) groups excluding carboxylic acids is 3. The third kappa shape index (κ3) is 3.66. The van der Waals surface area contributed by atoms with Crippen molar-refractivity contribution in [3.8, 4) is 5.75 Å². The number of ether oxygens (including phenoxy) is 3. The highest BCUT2D eigenvalue weighted by Crippen LogP contribution is 2.40. The zero-order chi connectivity index (χ0) is 21.5. The summed E-state index contributed by atoms with van der Waals surface area (Å²) in [6, 6.07) is 8.24. The summed E-state index contributed by atoms with van der Waals surface area (Å²) in [7, 11) is 0. The molecule has 2 atom stereocenters. The molecule has 162 valence electrons. The molecule has 2 fully saturated rings. The molecule has 0 spiro atoms. The average Bonchev–Trinajstić information content (AvgIpc) is 3.42. The Balaban J connectivity index is 1.33. The third-order valence-corrected chi connectivity index (χ3v) is 6.65. The van der Waals surface area contributed by atoms with Crippen molar-refractivity contribution in [3.63, 3.8) is 0 Å². The van der Waals surface area contributed by atoms with Crippen molar-refractivity contribution in [2.75, 3.05) is 36.1 Å². The van der Waals surface area contributed by atoms with E-state index in [2.05, 4.69) is 5.32 Å². The summed E-state index contributed by atoms with van der Waals surface area (Å²) < 4.78 is 17.0. The van der Waals surface area contributed by atoms with Gasteiger partial charge in [0, 0.05) is 12.5 Å². The van der Waals surface area contributed by atoms with Gasteiger partial charge in [0.2, 0.25) is 0 Å². The quantitative estimate of drug-likeness (QED) is 0.747. The van der Waals surface area contributed by atoms with Gasteiger partial charge in [-0.2, -0.15) is 0 Å². The lowest BCUT2D eigenvalue weighted by molar-refractivity contribution is 0.0901. The fourth-order valence-corrected chi connectivity index (χ4v) is 4.92. The van der Waals surface area contributed by atoms with Crippen LogP contribution < -0.4 is 19.9 Å². The van der Waals surface area contributed by atoms with E-state index in [9.17, 15) is 14.4 Å². The standard InChI is InChI=1S/C20H18ClN3O6S/c21-17-4-3-16(31-17)18(25)22-10-15-13-5-7-28-14-9-11(23-6-8-29-19(23)26)1-2-12(14)24(13)20(27)30-15/h1-4,9,13,15H,5-8,10H2,(H,22,25)/t13-,15-/m0/s1. The summed E-state index contributed by atoms with van der Waals surface area (Å²) in [6.45, 7) is 1.34. The molecule has 1 aromatic carbocycles. The lowest BCUT2D eigenvalue weighted by Crippen LogP contribution is -2.42. The number of hydrogen-bond acceptors (Lipinski definition) is 7. The summed E-state index contributed by atoms with van der Waals surface area (Å²) in [5.41, 5.74) is 1.22. The van der Waals surface area contributed by atoms with Crippen molar-refractivity contribution < 1.29 is 28.6 Å². The van der Waals surface area contributed by atoms with Gasteiger partial charge in [-0.1, -0.05) is 11.6 Å². The number of nitrogens with one attached hydrogen (secondary N) is 1. The molecule has 2 saturated heterocycles. The number of nitrogens with zero attached hydrogens (tertiary/aromatic N) is 2. The summed E-state index contributed by atoms with van der Waals surface area (Å²) >= 11 is 7.07. The van der Waals surface area contributed by atoms with Crippen molar-refractivity contribution in [2.24, 2.45) is 0 Å². The SMILES string of the molecule is O=C(NC[C@@H]1OC(=O)N2c3ccc(N4CCOC4=O)cc3OCC[C@@H]12)c1ccc(Cl)s1. The number of halogens is 1. The van der Waals surface area contributed by atoms with Crippen LogP contribution in [0.4, 0.5) is 21.0 Å². The van der Waals surface area contributed by atoms with E-state index in [4.69, 9.17) is 25.8 Å².